The van der Waals surface area contributed by atoms with Crippen molar-refractivity contribution in [3.05, 3.63) is 95.6 Å². The van der Waals surface area contributed by atoms with E-state index in [2.05, 4.69) is 5.32 Å². The third kappa shape index (κ3) is 6.60. The average molecular weight is 418 g/mol. The number of nitrogen functional groups attached to an aromatic ring is 1. The molecule has 1 atom stereocenters. The summed E-state index contributed by atoms with van der Waals surface area (Å²) in [6.07, 6.45) is 0.0310. The number of carbonyl (C=O) groups excluding carboxylic acids is 2. The number of anilines is 1. The van der Waals surface area contributed by atoms with Gasteiger partial charge in [-0.1, -0.05) is 60.7 Å². The van der Waals surface area contributed by atoms with Gasteiger partial charge in [0.15, 0.2) is 0 Å². The van der Waals surface area contributed by atoms with Gasteiger partial charge in [0.25, 0.3) is 5.91 Å². The van der Waals surface area contributed by atoms with Crippen molar-refractivity contribution in [3.63, 3.8) is 0 Å². The molecule has 0 aliphatic carbocycles. The Bertz CT molecular complexity index is 1010. The van der Waals surface area contributed by atoms with Crippen LogP contribution in [0.15, 0.2) is 78.9 Å². The van der Waals surface area contributed by atoms with Gasteiger partial charge in [0.05, 0.1) is 19.1 Å². The molecule has 0 spiro atoms. The summed E-state index contributed by atoms with van der Waals surface area (Å²) >= 11 is 0. The molecule has 0 aromatic heterocycles. The number of nitrogens with two attached hydrogens (primary N) is 1. The fourth-order valence-corrected chi connectivity index (χ4v) is 3.14. The summed E-state index contributed by atoms with van der Waals surface area (Å²) in [5.74, 6) is -0.234. The molecular weight excluding hydrogens is 392 g/mol. The first-order chi connectivity index (χ1) is 15.0. The minimum atomic E-state index is -0.525. The fraction of sp³-hybridized carbons (Fsp3) is 0.200. The van der Waals surface area contributed by atoms with E-state index in [0.717, 1.165) is 11.1 Å². The third-order valence-corrected chi connectivity index (χ3v) is 4.62. The molecule has 0 saturated carbocycles. The first kappa shape index (κ1) is 21.9. The van der Waals surface area contributed by atoms with Crippen molar-refractivity contribution in [3.8, 4) is 5.75 Å². The molecule has 1 amide bonds. The molecule has 0 aliphatic rings. The van der Waals surface area contributed by atoms with Crippen LogP contribution in [0.3, 0.4) is 0 Å². The lowest BCUT2D eigenvalue weighted by Crippen LogP contribution is -2.30. The van der Waals surface area contributed by atoms with Gasteiger partial charge in [-0.05, 0) is 30.2 Å². The third-order valence-electron chi connectivity index (χ3n) is 4.62. The second-order valence-electron chi connectivity index (χ2n) is 7.01. The number of esters is 1. The quantitative estimate of drug-likeness (QED) is 0.400. The number of hydrogen-bond donors (Lipinski definition) is 2. The van der Waals surface area contributed by atoms with Gasteiger partial charge in [-0.2, -0.15) is 0 Å². The molecule has 0 heterocycles. The fourth-order valence-electron chi connectivity index (χ4n) is 3.14. The topological polar surface area (TPSA) is 90.7 Å². The van der Waals surface area contributed by atoms with Crippen LogP contribution in [0.2, 0.25) is 0 Å². The molecule has 0 fully saturated rings. The van der Waals surface area contributed by atoms with Crippen LogP contribution in [0, 0.1) is 0 Å². The summed E-state index contributed by atoms with van der Waals surface area (Å²) in [4.78, 5) is 25.0. The van der Waals surface area contributed by atoms with Gasteiger partial charge in [-0.25, -0.2) is 0 Å². The largest absolute Gasteiger partial charge is 0.489 e. The molecule has 6 heteroatoms. The van der Waals surface area contributed by atoms with Crippen LogP contribution in [0.25, 0.3) is 0 Å². The molecule has 0 aliphatic heterocycles. The lowest BCUT2D eigenvalue weighted by atomic mass is 10.0. The van der Waals surface area contributed by atoms with E-state index in [1.165, 1.54) is 0 Å². The monoisotopic (exact) mass is 418 g/mol. The molecule has 3 rings (SSSR count). The number of benzene rings is 3. The van der Waals surface area contributed by atoms with Crippen LogP contribution >= 0.6 is 0 Å². The van der Waals surface area contributed by atoms with Gasteiger partial charge >= 0.3 is 5.97 Å². The van der Waals surface area contributed by atoms with E-state index in [0.29, 0.717) is 23.6 Å². The average Bonchev–Trinajstić information content (AvgIpc) is 2.78. The van der Waals surface area contributed by atoms with Gasteiger partial charge in [0, 0.05) is 17.3 Å². The van der Waals surface area contributed by atoms with Crippen molar-refractivity contribution in [1.82, 2.24) is 5.32 Å². The second-order valence-corrected chi connectivity index (χ2v) is 7.01. The van der Waals surface area contributed by atoms with E-state index >= 15 is 0 Å². The van der Waals surface area contributed by atoms with Crippen LogP contribution < -0.4 is 15.8 Å². The normalized spacial score (nSPS) is 11.4. The highest BCUT2D eigenvalue weighted by Crippen LogP contribution is 2.22. The van der Waals surface area contributed by atoms with E-state index in [4.69, 9.17) is 15.2 Å². The lowest BCUT2D eigenvalue weighted by molar-refractivity contribution is -0.143. The number of nitrogens with one attached hydrogen (secondary N) is 1. The SMILES string of the molecule is CCOC(=O)CC(NC(=O)c1cc(N)cc(OCc2ccccc2)c1)c1ccccc1. The molecule has 1 unspecified atom stereocenters. The Morgan fingerprint density at radius 2 is 1.65 bits per heavy atom. The van der Waals surface area contributed by atoms with Crippen molar-refractivity contribution < 1.29 is 19.1 Å². The molecule has 6 nitrogen and oxygen atoms in total. The minimum absolute atomic E-state index is 0.0310. The molecule has 3 aromatic rings. The van der Waals surface area contributed by atoms with Gasteiger partial charge < -0.3 is 20.5 Å². The highest BCUT2D eigenvalue weighted by Gasteiger charge is 2.20. The Balaban J connectivity index is 1.74. The van der Waals surface area contributed by atoms with Crippen molar-refractivity contribution in [1.29, 1.82) is 0 Å². The Morgan fingerprint density at radius 3 is 2.32 bits per heavy atom. The number of ether oxygens (including phenoxy) is 2. The summed E-state index contributed by atoms with van der Waals surface area (Å²) in [7, 11) is 0. The highest BCUT2D eigenvalue weighted by atomic mass is 16.5. The van der Waals surface area contributed by atoms with Crippen LogP contribution in [0.1, 0.15) is 40.9 Å². The minimum Gasteiger partial charge on any atom is -0.489 e. The number of amides is 1. The molecule has 3 N–H and O–H groups in total. The maximum Gasteiger partial charge on any atom is 0.308 e. The standard InChI is InChI=1S/C25H26N2O4/c1-2-30-24(28)16-23(19-11-7-4-8-12-19)27-25(29)20-13-21(26)15-22(14-20)31-17-18-9-5-3-6-10-18/h3-15,23H,2,16-17,26H2,1H3,(H,27,29). The van der Waals surface area contributed by atoms with E-state index in [1.807, 2.05) is 60.7 Å². The van der Waals surface area contributed by atoms with Gasteiger partial charge in [-0.3, -0.25) is 9.59 Å². The second kappa shape index (κ2) is 10.8. The van der Waals surface area contributed by atoms with Crippen molar-refractivity contribution in [2.24, 2.45) is 0 Å². The van der Waals surface area contributed by atoms with E-state index in [-0.39, 0.29) is 24.9 Å². The highest BCUT2D eigenvalue weighted by molar-refractivity contribution is 5.96. The molecule has 0 saturated heterocycles. The lowest BCUT2D eigenvalue weighted by Gasteiger charge is -2.19. The van der Waals surface area contributed by atoms with Crippen LogP contribution in [-0.4, -0.2) is 18.5 Å². The van der Waals surface area contributed by atoms with Crippen LogP contribution in [-0.2, 0) is 16.1 Å². The number of hydrogen-bond acceptors (Lipinski definition) is 5. The zero-order valence-corrected chi connectivity index (χ0v) is 17.4. The molecular formula is C25H26N2O4. The van der Waals surface area contributed by atoms with Gasteiger partial charge in [0.2, 0.25) is 0 Å². The van der Waals surface area contributed by atoms with Crippen molar-refractivity contribution >= 4 is 17.6 Å². The summed E-state index contributed by atoms with van der Waals surface area (Å²) in [6.45, 7) is 2.39. The van der Waals surface area contributed by atoms with Gasteiger partial charge in [0.1, 0.15) is 12.4 Å². The van der Waals surface area contributed by atoms with Crippen LogP contribution in [0.4, 0.5) is 5.69 Å². The Labute approximate surface area is 182 Å². The maximum atomic E-state index is 13.0. The number of carbonyl (C=O) groups is 2. The first-order valence-electron chi connectivity index (χ1n) is 10.1. The summed E-state index contributed by atoms with van der Waals surface area (Å²) < 4.78 is 10.9. The van der Waals surface area contributed by atoms with Crippen molar-refractivity contribution in [2.45, 2.75) is 26.0 Å². The predicted molar refractivity (Wildman–Crippen MR) is 120 cm³/mol. The maximum absolute atomic E-state index is 13.0. The summed E-state index contributed by atoms with van der Waals surface area (Å²) in [5.41, 5.74) is 8.59. The van der Waals surface area contributed by atoms with Crippen LogP contribution in [0.5, 0.6) is 5.75 Å². The summed E-state index contributed by atoms with van der Waals surface area (Å²) in [5, 5.41) is 2.92. The molecule has 0 radical (unpaired) electrons. The zero-order chi connectivity index (χ0) is 22.1. The van der Waals surface area contributed by atoms with E-state index < -0.39 is 6.04 Å². The zero-order valence-electron chi connectivity index (χ0n) is 17.4. The molecule has 31 heavy (non-hydrogen) atoms. The van der Waals surface area contributed by atoms with Crippen molar-refractivity contribution in [2.75, 3.05) is 12.3 Å². The number of rotatable bonds is 9. The molecule has 160 valence electrons. The Hall–Kier alpha value is -3.80. The molecule has 0 bridgehead atoms. The first-order valence-corrected chi connectivity index (χ1v) is 10.1. The summed E-state index contributed by atoms with van der Waals surface area (Å²) in [6, 6.07) is 23.4. The Morgan fingerprint density at radius 1 is 0.968 bits per heavy atom. The predicted octanol–water partition coefficient (Wildman–Crippen LogP) is 4.27. The smallest absolute Gasteiger partial charge is 0.308 e. The van der Waals surface area contributed by atoms with Gasteiger partial charge in [-0.15, -0.1) is 0 Å². The molecule has 3 aromatic carbocycles. The van der Waals surface area contributed by atoms with E-state index in [1.54, 1.807) is 25.1 Å². The van der Waals surface area contributed by atoms with E-state index in [9.17, 15) is 9.59 Å². The Kier molecular flexibility index (Phi) is 7.65.